The van der Waals surface area contributed by atoms with Gasteiger partial charge in [-0.05, 0) is 43.4 Å². The molecule has 4 nitrogen and oxygen atoms in total. The van der Waals surface area contributed by atoms with Crippen LogP contribution in [0.1, 0.15) is 18.4 Å². The third kappa shape index (κ3) is 5.19. The first-order chi connectivity index (χ1) is 10.7. The molecule has 1 fully saturated rings. The highest BCUT2D eigenvalue weighted by molar-refractivity contribution is 5.77. The van der Waals surface area contributed by atoms with Crippen molar-refractivity contribution in [1.29, 1.82) is 0 Å². The van der Waals surface area contributed by atoms with Crippen LogP contribution < -0.4 is 4.74 Å². The first-order valence-electron chi connectivity index (χ1n) is 7.85. The summed E-state index contributed by atoms with van der Waals surface area (Å²) in [6, 6.07) is 7.76. The van der Waals surface area contributed by atoms with Crippen molar-refractivity contribution < 1.29 is 14.3 Å². The van der Waals surface area contributed by atoms with E-state index in [4.69, 9.17) is 9.47 Å². The Kier molecular flexibility index (Phi) is 6.46. The number of rotatable bonds is 7. The Morgan fingerprint density at radius 1 is 1.41 bits per heavy atom. The average molecular weight is 303 g/mol. The molecule has 0 bridgehead atoms. The largest absolute Gasteiger partial charge is 0.484 e. The molecule has 0 atom stereocenters. The van der Waals surface area contributed by atoms with Gasteiger partial charge in [0, 0.05) is 19.7 Å². The Bertz CT molecular complexity index is 493. The lowest BCUT2D eigenvalue weighted by Gasteiger charge is -2.31. The van der Waals surface area contributed by atoms with Crippen molar-refractivity contribution in [3.8, 4) is 5.75 Å². The van der Waals surface area contributed by atoms with Crippen LogP contribution in [0.5, 0.6) is 5.75 Å². The van der Waals surface area contributed by atoms with E-state index in [-0.39, 0.29) is 12.5 Å². The standard InChI is InChI=1S/C18H25NO3/c1-3-11-21-13-16-7-9-19(10-8-16)18(20)14-22-17-6-4-5-15(2)12-17/h3-6,12,16H,1,7-11,13-14H2,2H3. The van der Waals surface area contributed by atoms with Crippen LogP contribution in [0.2, 0.25) is 0 Å². The number of likely N-dealkylation sites (tertiary alicyclic amines) is 1. The number of piperidine rings is 1. The maximum Gasteiger partial charge on any atom is 0.260 e. The fraction of sp³-hybridized carbons (Fsp3) is 0.500. The third-order valence-corrected chi connectivity index (χ3v) is 3.91. The van der Waals surface area contributed by atoms with Gasteiger partial charge >= 0.3 is 0 Å². The second kappa shape index (κ2) is 8.59. The molecular weight excluding hydrogens is 278 g/mol. The van der Waals surface area contributed by atoms with Crippen LogP contribution in [0.15, 0.2) is 36.9 Å². The molecule has 0 spiro atoms. The van der Waals surface area contributed by atoms with Crippen molar-refractivity contribution in [2.75, 3.05) is 32.9 Å². The molecule has 1 aromatic carbocycles. The van der Waals surface area contributed by atoms with Crippen molar-refractivity contribution in [2.24, 2.45) is 5.92 Å². The number of hydrogen-bond acceptors (Lipinski definition) is 3. The molecule has 1 aliphatic rings. The normalized spacial score (nSPS) is 15.6. The SMILES string of the molecule is C=CCOCC1CCN(C(=O)COc2cccc(C)c2)CC1. The maximum absolute atomic E-state index is 12.2. The summed E-state index contributed by atoms with van der Waals surface area (Å²) in [4.78, 5) is 14.1. The van der Waals surface area contributed by atoms with E-state index in [1.807, 2.05) is 36.1 Å². The minimum absolute atomic E-state index is 0.0620. The highest BCUT2D eigenvalue weighted by Crippen LogP contribution is 2.18. The number of amides is 1. The second-order valence-corrected chi connectivity index (χ2v) is 5.76. The molecule has 1 heterocycles. The fourth-order valence-corrected chi connectivity index (χ4v) is 2.61. The number of carbonyl (C=O) groups is 1. The van der Waals surface area contributed by atoms with Gasteiger partial charge in [-0.1, -0.05) is 18.2 Å². The number of hydrogen-bond donors (Lipinski definition) is 0. The second-order valence-electron chi connectivity index (χ2n) is 5.76. The first-order valence-corrected chi connectivity index (χ1v) is 7.85. The molecule has 0 aromatic heterocycles. The van der Waals surface area contributed by atoms with Crippen molar-refractivity contribution in [3.63, 3.8) is 0 Å². The third-order valence-electron chi connectivity index (χ3n) is 3.91. The predicted molar refractivity (Wildman–Crippen MR) is 87.0 cm³/mol. The highest BCUT2D eigenvalue weighted by Gasteiger charge is 2.23. The molecule has 1 amide bonds. The minimum atomic E-state index is 0.0620. The summed E-state index contributed by atoms with van der Waals surface area (Å²) in [6.45, 7) is 8.70. The predicted octanol–water partition coefficient (Wildman–Crippen LogP) is 2.82. The molecular formula is C18H25NO3. The topological polar surface area (TPSA) is 38.8 Å². The molecule has 1 saturated heterocycles. The number of aryl methyl sites for hydroxylation is 1. The van der Waals surface area contributed by atoms with Crippen LogP contribution in [0.25, 0.3) is 0 Å². The van der Waals surface area contributed by atoms with Gasteiger partial charge in [-0.25, -0.2) is 0 Å². The molecule has 0 N–H and O–H groups in total. The van der Waals surface area contributed by atoms with Gasteiger partial charge in [-0.2, -0.15) is 0 Å². The number of nitrogens with zero attached hydrogens (tertiary/aromatic N) is 1. The summed E-state index contributed by atoms with van der Waals surface area (Å²) in [7, 11) is 0. The molecule has 0 unspecified atom stereocenters. The van der Waals surface area contributed by atoms with E-state index in [0.29, 0.717) is 12.5 Å². The summed E-state index contributed by atoms with van der Waals surface area (Å²) in [5.41, 5.74) is 1.13. The Balaban J connectivity index is 1.70. The van der Waals surface area contributed by atoms with Crippen LogP contribution >= 0.6 is 0 Å². The summed E-state index contributed by atoms with van der Waals surface area (Å²) < 4.78 is 11.1. The molecule has 0 aliphatic carbocycles. The van der Waals surface area contributed by atoms with Gasteiger partial charge in [0.25, 0.3) is 5.91 Å². The number of ether oxygens (including phenoxy) is 2. The van der Waals surface area contributed by atoms with Crippen LogP contribution in [-0.4, -0.2) is 43.7 Å². The molecule has 1 aliphatic heterocycles. The van der Waals surface area contributed by atoms with Crippen LogP contribution in [-0.2, 0) is 9.53 Å². The Morgan fingerprint density at radius 3 is 2.86 bits per heavy atom. The molecule has 0 saturated carbocycles. The minimum Gasteiger partial charge on any atom is -0.484 e. The Labute approximate surface area is 132 Å². The molecule has 2 rings (SSSR count). The van der Waals surface area contributed by atoms with Gasteiger partial charge in [0.2, 0.25) is 0 Å². The van der Waals surface area contributed by atoms with E-state index in [9.17, 15) is 4.79 Å². The van der Waals surface area contributed by atoms with Crippen molar-refractivity contribution in [2.45, 2.75) is 19.8 Å². The van der Waals surface area contributed by atoms with Gasteiger partial charge in [0.05, 0.1) is 6.61 Å². The van der Waals surface area contributed by atoms with E-state index < -0.39 is 0 Å². The summed E-state index contributed by atoms with van der Waals surface area (Å²) in [6.07, 6.45) is 3.75. The Morgan fingerprint density at radius 2 is 2.18 bits per heavy atom. The lowest BCUT2D eigenvalue weighted by atomic mass is 9.98. The van der Waals surface area contributed by atoms with Gasteiger partial charge in [0.1, 0.15) is 5.75 Å². The van der Waals surface area contributed by atoms with Gasteiger partial charge in [0.15, 0.2) is 6.61 Å². The zero-order chi connectivity index (χ0) is 15.8. The van der Waals surface area contributed by atoms with E-state index in [1.165, 1.54) is 0 Å². The monoisotopic (exact) mass is 303 g/mol. The summed E-state index contributed by atoms with van der Waals surface area (Å²) in [5.74, 6) is 1.36. The summed E-state index contributed by atoms with van der Waals surface area (Å²) >= 11 is 0. The molecule has 22 heavy (non-hydrogen) atoms. The molecule has 0 radical (unpaired) electrons. The molecule has 120 valence electrons. The summed E-state index contributed by atoms with van der Waals surface area (Å²) in [5, 5.41) is 0. The fourth-order valence-electron chi connectivity index (χ4n) is 2.61. The van der Waals surface area contributed by atoms with Gasteiger partial charge in [-0.3, -0.25) is 4.79 Å². The van der Waals surface area contributed by atoms with Crippen molar-refractivity contribution >= 4 is 5.91 Å². The zero-order valence-electron chi connectivity index (χ0n) is 13.3. The van der Waals surface area contributed by atoms with Crippen LogP contribution in [0.4, 0.5) is 0 Å². The van der Waals surface area contributed by atoms with Crippen LogP contribution in [0.3, 0.4) is 0 Å². The smallest absolute Gasteiger partial charge is 0.260 e. The van der Waals surface area contributed by atoms with E-state index in [0.717, 1.165) is 43.9 Å². The van der Waals surface area contributed by atoms with Gasteiger partial charge < -0.3 is 14.4 Å². The Hall–Kier alpha value is -1.81. The van der Waals surface area contributed by atoms with E-state index in [2.05, 4.69) is 6.58 Å². The van der Waals surface area contributed by atoms with Crippen molar-refractivity contribution in [1.82, 2.24) is 4.90 Å². The lowest BCUT2D eigenvalue weighted by molar-refractivity contribution is -0.135. The van der Waals surface area contributed by atoms with Crippen LogP contribution in [0, 0.1) is 12.8 Å². The van der Waals surface area contributed by atoms with E-state index >= 15 is 0 Å². The molecule has 1 aromatic rings. The number of carbonyl (C=O) groups excluding carboxylic acids is 1. The molecule has 4 heteroatoms. The van der Waals surface area contributed by atoms with Crippen molar-refractivity contribution in [3.05, 3.63) is 42.5 Å². The first kappa shape index (κ1) is 16.6. The quantitative estimate of drug-likeness (QED) is 0.574. The average Bonchev–Trinajstić information content (AvgIpc) is 2.54. The van der Waals surface area contributed by atoms with Gasteiger partial charge in [-0.15, -0.1) is 6.58 Å². The zero-order valence-corrected chi connectivity index (χ0v) is 13.3. The lowest BCUT2D eigenvalue weighted by Crippen LogP contribution is -2.41. The van der Waals surface area contributed by atoms with E-state index in [1.54, 1.807) is 6.08 Å². The highest BCUT2D eigenvalue weighted by atomic mass is 16.5. The maximum atomic E-state index is 12.2. The number of benzene rings is 1.